The van der Waals surface area contributed by atoms with Crippen LogP contribution in [0.15, 0.2) is 29.3 Å². The Bertz CT molecular complexity index is 1690. The molecule has 0 bridgehead atoms. The zero-order valence-corrected chi connectivity index (χ0v) is 22.2. The zero-order chi connectivity index (χ0) is 27.6. The second-order valence-corrected chi connectivity index (χ2v) is 12.0. The number of fused-ring (bicyclic) bond motifs is 1. The van der Waals surface area contributed by atoms with Gasteiger partial charge in [0.05, 0.1) is 4.90 Å². The van der Waals surface area contributed by atoms with Crippen molar-refractivity contribution in [3.63, 3.8) is 0 Å². The normalized spacial score (nSPS) is 16.9. The van der Waals surface area contributed by atoms with Crippen LogP contribution in [-0.2, 0) is 16.4 Å². The van der Waals surface area contributed by atoms with Gasteiger partial charge in [0.1, 0.15) is 34.8 Å². The van der Waals surface area contributed by atoms with Crippen molar-refractivity contribution in [1.29, 1.82) is 0 Å². The number of aryl methyl sites for hydroxylation is 2. The molecule has 6 rings (SSSR count). The number of anilines is 4. The van der Waals surface area contributed by atoms with Gasteiger partial charge in [0, 0.05) is 43.4 Å². The lowest BCUT2D eigenvalue weighted by molar-refractivity contribution is 0.176. The number of imidazole rings is 1. The SMILES string of the molecule is Cc1cc(Nc2nc(N(C)c3c(F)cc(S(C)(=O)=O)cc3F)nc(-c3cn4c(n3)C(O)CC4)c2C2CC2)n[nH]1. The van der Waals surface area contributed by atoms with Crippen molar-refractivity contribution >= 4 is 33.1 Å². The fraction of sp³-hybridized carbons (Fsp3) is 0.360. The monoisotopic (exact) mass is 556 g/mol. The predicted octanol–water partition coefficient (Wildman–Crippen LogP) is 3.88. The topological polar surface area (TPSA) is 142 Å². The highest BCUT2D eigenvalue weighted by Gasteiger charge is 2.35. The molecule has 0 spiro atoms. The molecule has 0 amide bonds. The van der Waals surface area contributed by atoms with Crippen LogP contribution >= 0.6 is 0 Å². The minimum atomic E-state index is -3.83. The quantitative estimate of drug-likeness (QED) is 0.309. The molecule has 39 heavy (non-hydrogen) atoms. The van der Waals surface area contributed by atoms with E-state index in [9.17, 15) is 13.5 Å². The van der Waals surface area contributed by atoms with Gasteiger partial charge in [0.2, 0.25) is 5.95 Å². The number of hydrogen-bond donors (Lipinski definition) is 3. The van der Waals surface area contributed by atoms with Crippen LogP contribution in [0.1, 0.15) is 48.4 Å². The predicted molar refractivity (Wildman–Crippen MR) is 139 cm³/mol. The van der Waals surface area contributed by atoms with Gasteiger partial charge in [-0.15, -0.1) is 0 Å². The highest BCUT2D eigenvalue weighted by Crippen LogP contribution is 2.48. The summed E-state index contributed by atoms with van der Waals surface area (Å²) in [6.45, 7) is 2.47. The highest BCUT2D eigenvalue weighted by atomic mass is 32.2. The summed E-state index contributed by atoms with van der Waals surface area (Å²) in [6.07, 6.45) is 4.40. The van der Waals surface area contributed by atoms with Crippen molar-refractivity contribution in [2.75, 3.05) is 23.5 Å². The van der Waals surface area contributed by atoms with E-state index in [0.717, 1.165) is 47.4 Å². The summed E-state index contributed by atoms with van der Waals surface area (Å²) in [5, 5.41) is 20.7. The number of aliphatic hydroxyl groups is 1. The molecule has 1 aliphatic heterocycles. The first-order chi connectivity index (χ1) is 18.5. The van der Waals surface area contributed by atoms with Crippen molar-refractivity contribution in [1.82, 2.24) is 29.7 Å². The second kappa shape index (κ2) is 9.09. The van der Waals surface area contributed by atoms with Gasteiger partial charge in [0.25, 0.3) is 0 Å². The van der Waals surface area contributed by atoms with Gasteiger partial charge in [0.15, 0.2) is 27.3 Å². The molecule has 0 radical (unpaired) electrons. The van der Waals surface area contributed by atoms with Gasteiger partial charge in [-0.2, -0.15) is 10.1 Å². The molecular formula is C25H26F2N8O3S. The smallest absolute Gasteiger partial charge is 0.232 e. The summed E-state index contributed by atoms with van der Waals surface area (Å²) in [4.78, 5) is 14.7. The molecule has 14 heteroatoms. The summed E-state index contributed by atoms with van der Waals surface area (Å²) in [5.41, 5.74) is 2.11. The first-order valence-electron chi connectivity index (χ1n) is 12.4. The van der Waals surface area contributed by atoms with Gasteiger partial charge in [-0.25, -0.2) is 27.2 Å². The number of hydrogen-bond acceptors (Lipinski definition) is 9. The molecule has 1 fully saturated rings. The third kappa shape index (κ3) is 4.63. The molecule has 204 valence electrons. The van der Waals surface area contributed by atoms with E-state index < -0.39 is 38.2 Å². The fourth-order valence-electron chi connectivity index (χ4n) is 4.82. The molecule has 1 aromatic carbocycles. The van der Waals surface area contributed by atoms with Crippen LogP contribution in [0.25, 0.3) is 11.4 Å². The maximum absolute atomic E-state index is 15.1. The van der Waals surface area contributed by atoms with Crippen LogP contribution in [0.5, 0.6) is 0 Å². The van der Waals surface area contributed by atoms with Gasteiger partial charge < -0.3 is 19.9 Å². The molecule has 3 N–H and O–H groups in total. The first kappa shape index (κ1) is 25.4. The Morgan fingerprint density at radius 2 is 1.85 bits per heavy atom. The molecule has 2 aliphatic rings. The van der Waals surface area contributed by atoms with E-state index in [1.54, 1.807) is 6.07 Å². The largest absolute Gasteiger partial charge is 0.385 e. The number of halogens is 2. The average molecular weight is 557 g/mol. The number of nitrogens with one attached hydrogen (secondary N) is 2. The van der Waals surface area contributed by atoms with Gasteiger partial charge in [-0.05, 0) is 44.2 Å². The molecular weight excluding hydrogens is 530 g/mol. The number of aromatic amines is 1. The van der Waals surface area contributed by atoms with Crippen molar-refractivity contribution in [3.8, 4) is 11.4 Å². The Labute approximate surface area is 222 Å². The molecule has 4 heterocycles. The summed E-state index contributed by atoms with van der Waals surface area (Å²) in [6, 6.07) is 3.35. The summed E-state index contributed by atoms with van der Waals surface area (Å²) >= 11 is 0. The zero-order valence-electron chi connectivity index (χ0n) is 21.4. The molecule has 4 aromatic rings. The maximum Gasteiger partial charge on any atom is 0.232 e. The van der Waals surface area contributed by atoms with E-state index in [0.29, 0.717) is 41.8 Å². The van der Waals surface area contributed by atoms with Crippen LogP contribution in [0, 0.1) is 18.6 Å². The number of sulfone groups is 1. The molecule has 1 aliphatic carbocycles. The first-order valence-corrected chi connectivity index (χ1v) is 14.3. The van der Waals surface area contributed by atoms with E-state index in [1.807, 2.05) is 17.7 Å². The van der Waals surface area contributed by atoms with Gasteiger partial charge in [-0.3, -0.25) is 5.10 Å². The lowest BCUT2D eigenvalue weighted by Gasteiger charge is -2.22. The summed E-state index contributed by atoms with van der Waals surface area (Å²) < 4.78 is 55.9. The lowest BCUT2D eigenvalue weighted by Crippen LogP contribution is -2.19. The molecule has 11 nitrogen and oxygen atoms in total. The Morgan fingerprint density at radius 1 is 1.13 bits per heavy atom. The Kier molecular flexibility index (Phi) is 5.91. The number of nitrogens with zero attached hydrogens (tertiary/aromatic N) is 6. The van der Waals surface area contributed by atoms with Crippen LogP contribution in [0.4, 0.5) is 32.1 Å². The number of rotatable bonds is 7. The van der Waals surface area contributed by atoms with Crippen LogP contribution < -0.4 is 10.2 Å². The van der Waals surface area contributed by atoms with Crippen molar-refractivity contribution < 1.29 is 22.3 Å². The third-order valence-electron chi connectivity index (χ3n) is 6.92. The van der Waals surface area contributed by atoms with Crippen molar-refractivity contribution in [3.05, 3.63) is 53.1 Å². The Morgan fingerprint density at radius 3 is 2.44 bits per heavy atom. The van der Waals surface area contributed by atoms with Gasteiger partial charge >= 0.3 is 0 Å². The number of H-pyrrole nitrogens is 1. The molecule has 1 saturated carbocycles. The summed E-state index contributed by atoms with van der Waals surface area (Å²) in [7, 11) is -2.43. The molecule has 3 aromatic heterocycles. The molecule has 0 saturated heterocycles. The van der Waals surface area contributed by atoms with E-state index >= 15 is 8.78 Å². The van der Waals surface area contributed by atoms with E-state index in [1.165, 1.54) is 7.05 Å². The van der Waals surface area contributed by atoms with E-state index in [4.69, 9.17) is 4.98 Å². The minimum Gasteiger partial charge on any atom is -0.385 e. The second-order valence-electron chi connectivity index (χ2n) is 10.0. The fourth-order valence-corrected chi connectivity index (χ4v) is 5.45. The highest BCUT2D eigenvalue weighted by molar-refractivity contribution is 7.90. The standard InChI is InChI=1S/C25H26F2N8O3S/c1-12-8-19(33-32-12)29-23-20(13-4-5-13)21(17-11-35-7-6-18(36)24(35)28-17)30-25(31-23)34(2)22-15(26)9-14(10-16(22)27)39(3,37)38/h8-11,13,18,36H,4-7H2,1-3H3,(H2,29,30,31,32,33). The summed E-state index contributed by atoms with van der Waals surface area (Å²) in [5.74, 6) is -0.588. The number of aliphatic hydroxyl groups excluding tert-OH is 1. The van der Waals surface area contributed by atoms with Crippen LogP contribution in [0.3, 0.4) is 0 Å². The molecule has 1 unspecified atom stereocenters. The van der Waals surface area contributed by atoms with E-state index in [2.05, 4.69) is 25.5 Å². The van der Waals surface area contributed by atoms with Gasteiger partial charge in [-0.1, -0.05) is 0 Å². The lowest BCUT2D eigenvalue weighted by atomic mass is 10.1. The Hall–Kier alpha value is -3.91. The molecule has 1 atom stereocenters. The Balaban J connectivity index is 1.52. The van der Waals surface area contributed by atoms with Crippen molar-refractivity contribution in [2.45, 2.75) is 49.6 Å². The van der Waals surface area contributed by atoms with E-state index in [-0.39, 0.29) is 11.9 Å². The van der Waals surface area contributed by atoms with Crippen molar-refractivity contribution in [2.24, 2.45) is 0 Å². The number of aromatic nitrogens is 6. The van der Waals surface area contributed by atoms with Crippen LogP contribution in [0.2, 0.25) is 0 Å². The maximum atomic E-state index is 15.1. The third-order valence-corrected chi connectivity index (χ3v) is 8.01. The number of benzene rings is 1. The minimum absolute atomic E-state index is 0.0391. The van der Waals surface area contributed by atoms with Crippen LogP contribution in [-0.4, -0.2) is 56.5 Å². The average Bonchev–Trinajstić information content (AvgIpc) is 3.32.